The zero-order valence-electron chi connectivity index (χ0n) is 20.3. The van der Waals surface area contributed by atoms with E-state index in [2.05, 4.69) is 4.90 Å². The van der Waals surface area contributed by atoms with Crippen molar-refractivity contribution in [3.63, 3.8) is 0 Å². The van der Waals surface area contributed by atoms with Gasteiger partial charge in [0, 0.05) is 30.8 Å². The normalized spacial score (nSPS) is 19.8. The Hall–Kier alpha value is -2.58. The third-order valence-electron chi connectivity index (χ3n) is 6.69. The number of piperidine rings is 1. The molecule has 190 valence electrons. The van der Waals surface area contributed by atoms with Gasteiger partial charge in [0.1, 0.15) is 11.5 Å². The van der Waals surface area contributed by atoms with Gasteiger partial charge in [-0.2, -0.15) is 0 Å². The molecule has 2 aromatic rings. The van der Waals surface area contributed by atoms with Crippen LogP contribution in [-0.2, 0) is 0 Å². The fraction of sp³-hybridized carbons (Fsp3) is 0.519. The van der Waals surface area contributed by atoms with Crippen LogP contribution >= 0.6 is 0 Å². The van der Waals surface area contributed by atoms with Gasteiger partial charge in [-0.05, 0) is 81.9 Å². The van der Waals surface area contributed by atoms with E-state index in [1.165, 1.54) is 29.2 Å². The zero-order chi connectivity index (χ0) is 25.2. The topological polar surface area (TPSA) is 53.0 Å². The molecule has 0 bridgehead atoms. The predicted molar refractivity (Wildman–Crippen MR) is 128 cm³/mol. The summed E-state index contributed by atoms with van der Waals surface area (Å²) >= 11 is 0. The number of nitrogens with zero attached hydrogens (tertiary/aromatic N) is 2. The maximum atomic E-state index is 14.8. The largest absolute Gasteiger partial charge is 0.490 e. The number of alkyl halides is 1. The summed E-state index contributed by atoms with van der Waals surface area (Å²) in [6.45, 7) is 6.19. The smallest absolute Gasteiger partial charge is 0.254 e. The minimum absolute atomic E-state index is 0.112. The first-order valence-corrected chi connectivity index (χ1v) is 12.2. The molecule has 0 aliphatic carbocycles. The van der Waals surface area contributed by atoms with Gasteiger partial charge >= 0.3 is 0 Å². The summed E-state index contributed by atoms with van der Waals surface area (Å²) in [5, 5.41) is 9.62. The van der Waals surface area contributed by atoms with Crippen LogP contribution in [-0.4, -0.2) is 71.9 Å². The van der Waals surface area contributed by atoms with E-state index < -0.39 is 23.4 Å². The quantitative estimate of drug-likeness (QED) is 0.613. The minimum Gasteiger partial charge on any atom is -0.490 e. The zero-order valence-corrected chi connectivity index (χ0v) is 20.3. The second kappa shape index (κ2) is 10.6. The van der Waals surface area contributed by atoms with Crippen LogP contribution in [0.1, 0.15) is 43.5 Å². The highest BCUT2D eigenvalue weighted by Crippen LogP contribution is 2.30. The molecule has 0 radical (unpaired) electrons. The van der Waals surface area contributed by atoms with E-state index in [-0.39, 0.29) is 35.2 Å². The molecule has 2 saturated heterocycles. The molecular weight excluding hydrogens is 457 g/mol. The highest BCUT2D eigenvalue weighted by atomic mass is 19.1. The van der Waals surface area contributed by atoms with E-state index in [9.17, 15) is 23.1 Å². The van der Waals surface area contributed by atoms with Gasteiger partial charge in [0.2, 0.25) is 0 Å². The molecule has 0 aromatic heterocycles. The highest BCUT2D eigenvalue weighted by Gasteiger charge is 2.27. The number of amides is 1. The first-order chi connectivity index (χ1) is 16.6. The van der Waals surface area contributed by atoms with Gasteiger partial charge in [-0.15, -0.1) is 0 Å². The molecular formula is C27H33F3N2O3. The van der Waals surface area contributed by atoms with Crippen molar-refractivity contribution in [2.24, 2.45) is 5.92 Å². The maximum absolute atomic E-state index is 14.8. The van der Waals surface area contributed by atoms with E-state index in [1.807, 2.05) is 0 Å². The van der Waals surface area contributed by atoms with Crippen LogP contribution in [0.5, 0.6) is 5.75 Å². The predicted octanol–water partition coefficient (Wildman–Crippen LogP) is 4.68. The molecule has 0 saturated carbocycles. The summed E-state index contributed by atoms with van der Waals surface area (Å²) in [4.78, 5) is 16.1. The molecule has 1 amide bonds. The van der Waals surface area contributed by atoms with E-state index in [0.29, 0.717) is 31.7 Å². The molecule has 2 fully saturated rings. The molecule has 2 aliphatic rings. The number of likely N-dealkylation sites (tertiary alicyclic amines) is 2. The number of benzene rings is 2. The molecule has 2 aromatic carbocycles. The van der Waals surface area contributed by atoms with Crippen molar-refractivity contribution in [2.75, 3.05) is 39.3 Å². The first-order valence-electron chi connectivity index (χ1n) is 12.2. The lowest BCUT2D eigenvalue weighted by Gasteiger charge is -2.34. The van der Waals surface area contributed by atoms with Crippen molar-refractivity contribution in [3.8, 4) is 16.9 Å². The van der Waals surface area contributed by atoms with Crippen LogP contribution in [0.2, 0.25) is 0 Å². The molecule has 35 heavy (non-hydrogen) atoms. The summed E-state index contributed by atoms with van der Waals surface area (Å²) in [6, 6.07) is 8.47. The van der Waals surface area contributed by atoms with E-state index in [4.69, 9.17) is 4.74 Å². The van der Waals surface area contributed by atoms with Crippen LogP contribution < -0.4 is 4.74 Å². The van der Waals surface area contributed by atoms with Crippen LogP contribution in [0.4, 0.5) is 13.2 Å². The molecule has 0 spiro atoms. The number of aliphatic hydroxyl groups excluding tert-OH is 1. The molecule has 8 heteroatoms. The standard InChI is InChI=1S/C27H33F3N2O3/c1-27(2,30)17-31-10-7-18(8-11-31)16-35-25-6-4-19(13-24(25)29)22-5-3-20(14-23(22)28)26(34)32-12-9-21(33)15-32/h3-6,13-14,18,21,33H,7-12,15-17H2,1-2H3/t21-/m0/s1. The third kappa shape index (κ3) is 6.55. The second-order valence-corrected chi connectivity index (χ2v) is 10.3. The van der Waals surface area contributed by atoms with Crippen LogP contribution in [0, 0.1) is 17.6 Å². The Morgan fingerprint density at radius 1 is 1.06 bits per heavy atom. The van der Waals surface area contributed by atoms with Crippen molar-refractivity contribution in [2.45, 2.75) is 44.9 Å². The summed E-state index contributed by atoms with van der Waals surface area (Å²) in [6.07, 6.45) is 1.69. The lowest BCUT2D eigenvalue weighted by atomic mass is 9.96. The first kappa shape index (κ1) is 25.5. The summed E-state index contributed by atoms with van der Waals surface area (Å²) in [5.74, 6) is -1.15. The number of hydrogen-bond donors (Lipinski definition) is 1. The Morgan fingerprint density at radius 2 is 1.80 bits per heavy atom. The lowest BCUT2D eigenvalue weighted by molar-refractivity contribution is 0.0764. The fourth-order valence-electron chi connectivity index (χ4n) is 4.83. The molecule has 1 N–H and O–H groups in total. The molecule has 5 nitrogen and oxygen atoms in total. The number of β-amino-alcohol motifs (C(OH)–C–C–N with tert-alkyl or cyclic N) is 1. The van der Waals surface area contributed by atoms with Gasteiger partial charge in [-0.1, -0.05) is 12.1 Å². The molecule has 2 aliphatic heterocycles. The van der Waals surface area contributed by atoms with Gasteiger partial charge in [-0.3, -0.25) is 4.79 Å². The number of rotatable bonds is 7. The Balaban J connectivity index is 1.35. The Bertz CT molecular complexity index is 1050. The van der Waals surface area contributed by atoms with Gasteiger partial charge in [0.15, 0.2) is 11.6 Å². The number of aliphatic hydroxyl groups is 1. The number of ether oxygens (including phenoxy) is 1. The highest BCUT2D eigenvalue weighted by molar-refractivity contribution is 5.95. The van der Waals surface area contributed by atoms with Crippen LogP contribution in [0.3, 0.4) is 0 Å². The van der Waals surface area contributed by atoms with Crippen molar-refractivity contribution in [1.29, 1.82) is 0 Å². The summed E-state index contributed by atoms with van der Waals surface area (Å²) in [5.41, 5.74) is -0.482. The Kier molecular flexibility index (Phi) is 7.71. The van der Waals surface area contributed by atoms with Crippen molar-refractivity contribution < 1.29 is 27.8 Å². The molecule has 1 atom stereocenters. The van der Waals surface area contributed by atoms with Crippen molar-refractivity contribution in [1.82, 2.24) is 9.80 Å². The van der Waals surface area contributed by atoms with Crippen molar-refractivity contribution in [3.05, 3.63) is 53.6 Å². The Labute approximate surface area is 204 Å². The van der Waals surface area contributed by atoms with Gasteiger partial charge in [0.05, 0.1) is 12.7 Å². The maximum Gasteiger partial charge on any atom is 0.254 e. The SMILES string of the molecule is CC(C)(F)CN1CCC(COc2ccc(-c3ccc(C(=O)N4CC[C@H](O)C4)cc3F)cc2F)CC1. The number of hydrogen-bond acceptors (Lipinski definition) is 4. The number of halogens is 3. The van der Waals surface area contributed by atoms with Crippen LogP contribution in [0.15, 0.2) is 36.4 Å². The molecule has 2 heterocycles. The Morgan fingerprint density at radius 3 is 2.40 bits per heavy atom. The van der Waals surface area contributed by atoms with E-state index in [0.717, 1.165) is 32.0 Å². The molecule has 4 rings (SSSR count). The van der Waals surface area contributed by atoms with E-state index >= 15 is 0 Å². The summed E-state index contributed by atoms with van der Waals surface area (Å²) < 4.78 is 49.1. The summed E-state index contributed by atoms with van der Waals surface area (Å²) in [7, 11) is 0. The van der Waals surface area contributed by atoms with Gasteiger partial charge < -0.3 is 19.6 Å². The lowest BCUT2D eigenvalue weighted by Crippen LogP contribution is -2.41. The average molecular weight is 491 g/mol. The van der Waals surface area contributed by atoms with E-state index in [1.54, 1.807) is 19.9 Å². The average Bonchev–Trinajstić information content (AvgIpc) is 3.24. The third-order valence-corrected chi connectivity index (χ3v) is 6.69. The van der Waals surface area contributed by atoms with Crippen LogP contribution in [0.25, 0.3) is 11.1 Å². The number of carbonyl (C=O) groups is 1. The monoisotopic (exact) mass is 490 g/mol. The minimum atomic E-state index is -1.22. The van der Waals surface area contributed by atoms with Gasteiger partial charge in [0.25, 0.3) is 5.91 Å². The molecule has 0 unspecified atom stereocenters. The fourth-order valence-corrected chi connectivity index (χ4v) is 4.83. The van der Waals surface area contributed by atoms with Crippen molar-refractivity contribution >= 4 is 5.91 Å². The van der Waals surface area contributed by atoms with Gasteiger partial charge in [-0.25, -0.2) is 13.2 Å². The number of carbonyl (C=O) groups excluding carboxylic acids is 1. The second-order valence-electron chi connectivity index (χ2n) is 10.3.